The highest BCUT2D eigenvalue weighted by Gasteiger charge is 2.21. The zero-order chi connectivity index (χ0) is 15.8. The first kappa shape index (κ1) is 17.5. The first-order valence-corrected chi connectivity index (χ1v) is 6.87. The van der Waals surface area contributed by atoms with Gasteiger partial charge in [-0.2, -0.15) is 0 Å². The Morgan fingerprint density at radius 2 is 2.19 bits per heavy atom. The number of oxazole rings is 1. The molecule has 1 amide bonds. The van der Waals surface area contributed by atoms with Crippen molar-refractivity contribution < 1.29 is 23.5 Å². The molecule has 0 fully saturated rings. The number of esters is 1. The summed E-state index contributed by atoms with van der Waals surface area (Å²) in [4.78, 5) is 28.8. The van der Waals surface area contributed by atoms with E-state index in [2.05, 4.69) is 9.72 Å². The van der Waals surface area contributed by atoms with Crippen molar-refractivity contribution in [1.82, 2.24) is 9.88 Å². The van der Waals surface area contributed by atoms with E-state index in [-0.39, 0.29) is 24.0 Å². The van der Waals surface area contributed by atoms with Gasteiger partial charge in [0.25, 0.3) is 0 Å². The lowest BCUT2D eigenvalue weighted by molar-refractivity contribution is -0.131. The van der Waals surface area contributed by atoms with Gasteiger partial charge in [0.15, 0.2) is 5.69 Å². The highest BCUT2D eigenvalue weighted by Crippen LogP contribution is 2.10. The van der Waals surface area contributed by atoms with E-state index < -0.39 is 11.3 Å². The average molecular weight is 319 g/mol. The monoisotopic (exact) mass is 318 g/mol. The fraction of sp³-hybridized carbons (Fsp3) is 0.615. The van der Waals surface area contributed by atoms with Gasteiger partial charge < -0.3 is 18.8 Å². The molecule has 0 aliphatic rings. The predicted octanol–water partition coefficient (Wildman–Crippen LogP) is 1.45. The number of nitrogens with zero attached hydrogens (tertiary/aromatic N) is 2. The van der Waals surface area contributed by atoms with Gasteiger partial charge in [0, 0.05) is 20.3 Å². The molecule has 0 radical (unpaired) electrons. The summed E-state index contributed by atoms with van der Waals surface area (Å²) in [6, 6.07) is 0. The molecule has 1 rings (SSSR count). The van der Waals surface area contributed by atoms with Crippen LogP contribution in [0, 0.1) is 0 Å². The molecule has 21 heavy (non-hydrogen) atoms. The van der Waals surface area contributed by atoms with Crippen LogP contribution in [0.3, 0.4) is 0 Å². The van der Waals surface area contributed by atoms with Gasteiger partial charge >= 0.3 is 5.97 Å². The topological polar surface area (TPSA) is 81.9 Å². The van der Waals surface area contributed by atoms with E-state index in [0.29, 0.717) is 19.6 Å². The number of hydrogen-bond acceptors (Lipinski definition) is 6. The van der Waals surface area contributed by atoms with Crippen molar-refractivity contribution in [3.05, 3.63) is 17.8 Å². The van der Waals surface area contributed by atoms with E-state index in [1.807, 2.05) is 0 Å². The lowest BCUT2D eigenvalue weighted by atomic mass is 10.3. The summed E-state index contributed by atoms with van der Waals surface area (Å²) in [5.74, 6) is -0.572. The van der Waals surface area contributed by atoms with Crippen molar-refractivity contribution in [2.24, 2.45) is 0 Å². The summed E-state index contributed by atoms with van der Waals surface area (Å²) in [5.41, 5.74) is 0.0655. The number of halogens is 1. The van der Waals surface area contributed by atoms with Gasteiger partial charge in [-0.15, -0.1) is 11.6 Å². The van der Waals surface area contributed by atoms with Crippen LogP contribution in [-0.4, -0.2) is 54.5 Å². The zero-order valence-electron chi connectivity index (χ0n) is 12.3. The third kappa shape index (κ3) is 5.35. The molecular formula is C13H19ClN2O5. The lowest BCUT2D eigenvalue weighted by Gasteiger charge is -2.22. The number of methoxy groups -OCH3 is 2. The third-order valence-electron chi connectivity index (χ3n) is 2.70. The molecule has 1 unspecified atom stereocenters. The molecule has 118 valence electrons. The number of carbonyl (C=O) groups is 2. The Hall–Kier alpha value is -1.60. The van der Waals surface area contributed by atoms with Crippen LogP contribution in [0.1, 0.15) is 29.7 Å². The summed E-state index contributed by atoms with van der Waals surface area (Å²) in [5, 5.41) is -0.650. The van der Waals surface area contributed by atoms with Crippen LogP contribution in [0.25, 0.3) is 0 Å². The Balaban J connectivity index is 2.73. The molecule has 1 aromatic heterocycles. The number of alkyl halides is 1. The molecule has 0 saturated carbocycles. The number of rotatable bonds is 8. The van der Waals surface area contributed by atoms with Crippen molar-refractivity contribution in [2.45, 2.75) is 25.3 Å². The number of amides is 1. The van der Waals surface area contributed by atoms with Crippen LogP contribution in [-0.2, 0) is 20.8 Å². The largest absolute Gasteiger partial charge is 0.464 e. The molecule has 1 aromatic rings. The quantitative estimate of drug-likeness (QED) is 0.410. The summed E-state index contributed by atoms with van der Waals surface area (Å²) >= 11 is 5.83. The molecule has 0 aliphatic carbocycles. The Labute approximate surface area is 128 Å². The van der Waals surface area contributed by atoms with E-state index in [4.69, 9.17) is 20.8 Å². The molecule has 0 spiro atoms. The second-order valence-electron chi connectivity index (χ2n) is 4.34. The molecule has 1 heterocycles. The van der Waals surface area contributed by atoms with E-state index in [1.165, 1.54) is 18.3 Å². The normalized spacial score (nSPS) is 12.0. The molecule has 1 atom stereocenters. The van der Waals surface area contributed by atoms with Crippen LogP contribution in [0.5, 0.6) is 0 Å². The maximum atomic E-state index is 12.0. The van der Waals surface area contributed by atoms with E-state index in [1.54, 1.807) is 14.0 Å². The van der Waals surface area contributed by atoms with Crippen molar-refractivity contribution in [1.29, 1.82) is 0 Å². The minimum absolute atomic E-state index is 0.0655. The van der Waals surface area contributed by atoms with Crippen LogP contribution in [0.4, 0.5) is 0 Å². The maximum absolute atomic E-state index is 12.0. The predicted molar refractivity (Wildman–Crippen MR) is 75.1 cm³/mol. The van der Waals surface area contributed by atoms with Gasteiger partial charge in [0.1, 0.15) is 11.6 Å². The van der Waals surface area contributed by atoms with Crippen LogP contribution in [0.15, 0.2) is 10.7 Å². The Kier molecular flexibility index (Phi) is 7.18. The molecule has 0 aromatic carbocycles. The van der Waals surface area contributed by atoms with Crippen molar-refractivity contribution in [3.8, 4) is 0 Å². The Bertz CT molecular complexity index is 475. The van der Waals surface area contributed by atoms with Crippen molar-refractivity contribution in [2.75, 3.05) is 27.4 Å². The second-order valence-corrected chi connectivity index (χ2v) is 4.99. The van der Waals surface area contributed by atoms with Gasteiger partial charge in [0.05, 0.1) is 13.7 Å². The Morgan fingerprint density at radius 3 is 2.76 bits per heavy atom. The van der Waals surface area contributed by atoms with Gasteiger partial charge in [-0.1, -0.05) is 0 Å². The molecule has 0 saturated heterocycles. The standard InChI is InChI=1S/C13H19ClN2O5/c1-9(14)12(17)16(5-4-6-19-2)7-11-15-10(8-21-11)13(18)20-3/h8-9H,4-7H2,1-3H3. The third-order valence-corrected chi connectivity index (χ3v) is 2.89. The lowest BCUT2D eigenvalue weighted by Crippen LogP contribution is -2.36. The van der Waals surface area contributed by atoms with Gasteiger partial charge in [-0.3, -0.25) is 4.79 Å². The molecule has 0 bridgehead atoms. The van der Waals surface area contributed by atoms with Gasteiger partial charge in [-0.25, -0.2) is 9.78 Å². The fourth-order valence-electron chi connectivity index (χ4n) is 1.66. The van der Waals surface area contributed by atoms with E-state index in [0.717, 1.165) is 0 Å². The second kappa shape index (κ2) is 8.63. The summed E-state index contributed by atoms with van der Waals surface area (Å²) in [7, 11) is 2.85. The minimum atomic E-state index is -0.650. The smallest absolute Gasteiger partial charge is 0.360 e. The Morgan fingerprint density at radius 1 is 1.48 bits per heavy atom. The van der Waals surface area contributed by atoms with Crippen LogP contribution in [0.2, 0.25) is 0 Å². The first-order valence-electron chi connectivity index (χ1n) is 6.44. The van der Waals surface area contributed by atoms with Crippen LogP contribution < -0.4 is 0 Å². The molecule has 7 nitrogen and oxygen atoms in total. The average Bonchev–Trinajstić information content (AvgIpc) is 2.93. The van der Waals surface area contributed by atoms with Crippen LogP contribution >= 0.6 is 11.6 Å². The number of hydrogen-bond donors (Lipinski definition) is 0. The molecule has 0 aliphatic heterocycles. The first-order chi connectivity index (χ1) is 9.99. The van der Waals surface area contributed by atoms with E-state index >= 15 is 0 Å². The van der Waals surface area contributed by atoms with Crippen molar-refractivity contribution in [3.63, 3.8) is 0 Å². The summed E-state index contributed by atoms with van der Waals surface area (Å²) < 4.78 is 14.7. The summed E-state index contributed by atoms with van der Waals surface area (Å²) in [6.45, 7) is 2.72. The fourth-order valence-corrected chi connectivity index (χ4v) is 1.80. The SMILES string of the molecule is COCCCN(Cc1nc(C(=O)OC)co1)C(=O)C(C)Cl. The number of ether oxygens (including phenoxy) is 2. The minimum Gasteiger partial charge on any atom is -0.464 e. The highest BCUT2D eigenvalue weighted by molar-refractivity contribution is 6.30. The molecule has 8 heteroatoms. The number of aromatic nitrogens is 1. The summed E-state index contributed by atoms with van der Waals surface area (Å²) in [6.07, 6.45) is 1.86. The van der Waals surface area contributed by atoms with E-state index in [9.17, 15) is 9.59 Å². The van der Waals surface area contributed by atoms with Gasteiger partial charge in [-0.05, 0) is 13.3 Å². The molecule has 0 N–H and O–H groups in total. The van der Waals surface area contributed by atoms with Crippen molar-refractivity contribution >= 4 is 23.5 Å². The zero-order valence-corrected chi connectivity index (χ0v) is 13.1. The highest BCUT2D eigenvalue weighted by atomic mass is 35.5. The molecular weight excluding hydrogens is 300 g/mol. The number of carbonyl (C=O) groups excluding carboxylic acids is 2. The maximum Gasteiger partial charge on any atom is 0.360 e. The van der Waals surface area contributed by atoms with Gasteiger partial charge in [0.2, 0.25) is 11.8 Å².